The van der Waals surface area contributed by atoms with Gasteiger partial charge in [-0.25, -0.2) is 4.79 Å². The van der Waals surface area contributed by atoms with Gasteiger partial charge in [-0.1, -0.05) is 0 Å². The Morgan fingerprint density at radius 3 is 2.15 bits per heavy atom. The zero-order valence-corrected chi connectivity index (χ0v) is 15.7. The van der Waals surface area contributed by atoms with E-state index in [0.29, 0.717) is 17.2 Å². The number of carbonyl (C=O) groups is 2. The van der Waals surface area contributed by atoms with Crippen LogP contribution < -0.4 is 19.5 Å². The van der Waals surface area contributed by atoms with Gasteiger partial charge >= 0.3 is 5.97 Å². The summed E-state index contributed by atoms with van der Waals surface area (Å²) in [6.07, 6.45) is -0.942. The molecule has 1 atom stereocenters. The molecule has 0 aromatic heterocycles. The van der Waals surface area contributed by atoms with Gasteiger partial charge in [0.15, 0.2) is 6.10 Å². The van der Waals surface area contributed by atoms with Crippen molar-refractivity contribution in [1.29, 1.82) is 0 Å². The molecule has 0 saturated carbocycles. The van der Waals surface area contributed by atoms with Gasteiger partial charge in [-0.2, -0.15) is 0 Å². The van der Waals surface area contributed by atoms with Gasteiger partial charge in [0.1, 0.15) is 17.2 Å². The maximum Gasteiger partial charge on any atom is 0.335 e. The summed E-state index contributed by atoms with van der Waals surface area (Å²) >= 11 is 0. The molecule has 7 heteroatoms. The molecule has 144 valence electrons. The first-order chi connectivity index (χ1) is 12.8. The highest BCUT2D eigenvalue weighted by Gasteiger charge is 2.19. The first kappa shape index (κ1) is 20.1. The molecule has 2 N–H and O–H groups in total. The van der Waals surface area contributed by atoms with Gasteiger partial charge in [0.25, 0.3) is 5.91 Å². The summed E-state index contributed by atoms with van der Waals surface area (Å²) in [7, 11) is 1.56. The standard InChI is InChI=1S/C20H23NO6/c1-12(2)26-18-10-5-14(20(23)24)11-17(18)21-19(22)13(3)27-16-8-6-15(25-4)7-9-16/h5-13H,1-4H3,(H,21,22)(H,23,24). The topological polar surface area (TPSA) is 94.1 Å². The molecule has 27 heavy (non-hydrogen) atoms. The number of nitrogens with one attached hydrogen (secondary N) is 1. The number of benzene rings is 2. The first-order valence-electron chi connectivity index (χ1n) is 8.45. The van der Waals surface area contributed by atoms with E-state index in [1.165, 1.54) is 18.2 Å². The number of amides is 1. The number of rotatable bonds is 8. The van der Waals surface area contributed by atoms with Crippen molar-refractivity contribution in [1.82, 2.24) is 0 Å². The number of carbonyl (C=O) groups excluding carboxylic acids is 1. The summed E-state index contributed by atoms with van der Waals surface area (Å²) in [5.41, 5.74) is 0.323. The smallest absolute Gasteiger partial charge is 0.335 e. The van der Waals surface area contributed by atoms with Crippen molar-refractivity contribution >= 4 is 17.6 Å². The number of carboxylic acid groups (broad SMARTS) is 1. The van der Waals surface area contributed by atoms with E-state index >= 15 is 0 Å². The van der Waals surface area contributed by atoms with Crippen LogP contribution >= 0.6 is 0 Å². The molecule has 2 aromatic rings. The summed E-state index contributed by atoms with van der Waals surface area (Å²) in [5.74, 6) is 0.0582. The molecule has 0 radical (unpaired) electrons. The van der Waals surface area contributed by atoms with E-state index in [-0.39, 0.29) is 17.4 Å². The van der Waals surface area contributed by atoms with Crippen LogP contribution in [0.25, 0.3) is 0 Å². The Labute approximate surface area is 157 Å². The Kier molecular flexibility index (Phi) is 6.65. The van der Waals surface area contributed by atoms with Crippen LogP contribution in [0.1, 0.15) is 31.1 Å². The minimum absolute atomic E-state index is 0.0464. The van der Waals surface area contributed by atoms with Crippen molar-refractivity contribution in [2.75, 3.05) is 12.4 Å². The SMILES string of the molecule is COc1ccc(OC(C)C(=O)Nc2cc(C(=O)O)ccc2OC(C)C)cc1. The number of carboxylic acids is 1. The van der Waals surface area contributed by atoms with Crippen LogP contribution in [-0.4, -0.2) is 36.3 Å². The Morgan fingerprint density at radius 2 is 1.59 bits per heavy atom. The molecule has 1 unspecified atom stereocenters. The van der Waals surface area contributed by atoms with Gasteiger partial charge in [-0.3, -0.25) is 4.79 Å². The molecular weight excluding hydrogens is 350 g/mol. The van der Waals surface area contributed by atoms with E-state index in [1.807, 2.05) is 13.8 Å². The summed E-state index contributed by atoms with van der Waals surface area (Å²) < 4.78 is 16.3. The second-order valence-corrected chi connectivity index (χ2v) is 6.11. The van der Waals surface area contributed by atoms with Gasteiger partial charge in [-0.05, 0) is 63.2 Å². The van der Waals surface area contributed by atoms with Gasteiger partial charge in [0.05, 0.1) is 24.5 Å². The molecule has 0 spiro atoms. The van der Waals surface area contributed by atoms with Crippen molar-refractivity contribution in [2.24, 2.45) is 0 Å². The highest BCUT2D eigenvalue weighted by Crippen LogP contribution is 2.27. The van der Waals surface area contributed by atoms with E-state index in [1.54, 1.807) is 38.3 Å². The molecule has 7 nitrogen and oxygen atoms in total. The fraction of sp³-hybridized carbons (Fsp3) is 0.300. The predicted octanol–water partition coefficient (Wildman–Crippen LogP) is 3.59. The predicted molar refractivity (Wildman–Crippen MR) is 101 cm³/mol. The van der Waals surface area contributed by atoms with Gasteiger partial charge < -0.3 is 24.6 Å². The number of hydrogen-bond acceptors (Lipinski definition) is 5. The van der Waals surface area contributed by atoms with Crippen molar-refractivity contribution < 1.29 is 28.9 Å². The zero-order valence-electron chi connectivity index (χ0n) is 15.7. The van der Waals surface area contributed by atoms with E-state index < -0.39 is 18.0 Å². The molecule has 2 aromatic carbocycles. The lowest BCUT2D eigenvalue weighted by Gasteiger charge is -2.18. The highest BCUT2D eigenvalue weighted by molar-refractivity contribution is 5.97. The van der Waals surface area contributed by atoms with E-state index in [2.05, 4.69) is 5.32 Å². The molecule has 0 aliphatic heterocycles. The molecular formula is C20H23NO6. The summed E-state index contributed by atoms with van der Waals surface area (Å²) in [4.78, 5) is 23.7. The van der Waals surface area contributed by atoms with Crippen molar-refractivity contribution in [3.8, 4) is 17.2 Å². The van der Waals surface area contributed by atoms with Crippen LogP contribution in [0.3, 0.4) is 0 Å². The molecule has 0 bridgehead atoms. The van der Waals surface area contributed by atoms with Gasteiger partial charge in [0, 0.05) is 0 Å². The average molecular weight is 373 g/mol. The number of ether oxygens (including phenoxy) is 3. The third kappa shape index (κ3) is 5.64. The summed E-state index contributed by atoms with van der Waals surface area (Å²) in [6.45, 7) is 5.28. The molecule has 2 rings (SSSR count). The van der Waals surface area contributed by atoms with Crippen LogP contribution in [0.4, 0.5) is 5.69 Å². The van der Waals surface area contributed by atoms with E-state index in [0.717, 1.165) is 0 Å². The van der Waals surface area contributed by atoms with Crippen molar-refractivity contribution in [3.63, 3.8) is 0 Å². The van der Waals surface area contributed by atoms with Crippen LogP contribution in [0.2, 0.25) is 0 Å². The number of aromatic carboxylic acids is 1. The minimum Gasteiger partial charge on any atom is -0.497 e. The Morgan fingerprint density at radius 1 is 0.963 bits per heavy atom. The van der Waals surface area contributed by atoms with Gasteiger partial charge in [-0.15, -0.1) is 0 Å². The zero-order chi connectivity index (χ0) is 20.0. The largest absolute Gasteiger partial charge is 0.497 e. The van der Waals surface area contributed by atoms with Crippen LogP contribution in [0, 0.1) is 0 Å². The molecule has 0 aliphatic rings. The van der Waals surface area contributed by atoms with Crippen LogP contribution in [-0.2, 0) is 4.79 Å². The first-order valence-corrected chi connectivity index (χ1v) is 8.45. The quantitative estimate of drug-likeness (QED) is 0.734. The second kappa shape index (κ2) is 8.93. The Hall–Kier alpha value is -3.22. The lowest BCUT2D eigenvalue weighted by molar-refractivity contribution is -0.122. The summed E-state index contributed by atoms with van der Waals surface area (Å²) in [6, 6.07) is 11.1. The molecule has 0 fully saturated rings. The molecule has 0 saturated heterocycles. The monoisotopic (exact) mass is 373 g/mol. The second-order valence-electron chi connectivity index (χ2n) is 6.11. The number of hydrogen-bond donors (Lipinski definition) is 2. The Bertz CT molecular complexity index is 801. The third-order valence-corrected chi connectivity index (χ3v) is 3.59. The van der Waals surface area contributed by atoms with Crippen molar-refractivity contribution in [2.45, 2.75) is 33.0 Å². The third-order valence-electron chi connectivity index (χ3n) is 3.59. The minimum atomic E-state index is -1.09. The fourth-order valence-electron chi connectivity index (χ4n) is 2.26. The number of methoxy groups -OCH3 is 1. The van der Waals surface area contributed by atoms with Gasteiger partial charge in [0.2, 0.25) is 0 Å². The van der Waals surface area contributed by atoms with Crippen molar-refractivity contribution in [3.05, 3.63) is 48.0 Å². The molecule has 1 amide bonds. The Balaban J connectivity index is 2.14. The maximum atomic E-state index is 12.5. The fourth-order valence-corrected chi connectivity index (χ4v) is 2.26. The van der Waals surface area contributed by atoms with Crippen LogP contribution in [0.5, 0.6) is 17.2 Å². The maximum absolute atomic E-state index is 12.5. The van der Waals surface area contributed by atoms with Crippen LogP contribution in [0.15, 0.2) is 42.5 Å². The highest BCUT2D eigenvalue weighted by atomic mass is 16.5. The van der Waals surface area contributed by atoms with E-state index in [4.69, 9.17) is 14.2 Å². The molecule has 0 heterocycles. The van der Waals surface area contributed by atoms with E-state index in [9.17, 15) is 14.7 Å². The summed E-state index contributed by atoms with van der Waals surface area (Å²) in [5, 5.41) is 11.9. The molecule has 0 aliphatic carbocycles. The average Bonchev–Trinajstić information content (AvgIpc) is 2.63. The lowest BCUT2D eigenvalue weighted by Crippen LogP contribution is -2.30. The number of anilines is 1. The lowest BCUT2D eigenvalue weighted by atomic mass is 10.1. The normalized spacial score (nSPS) is 11.6.